The number of aliphatic hydroxyl groups is 1. The van der Waals surface area contributed by atoms with Gasteiger partial charge in [-0.1, -0.05) is 25.1 Å². The molecule has 3 atom stereocenters. The van der Waals surface area contributed by atoms with Crippen molar-refractivity contribution in [2.75, 3.05) is 43.0 Å². The molecule has 0 aliphatic carbocycles. The second-order valence-corrected chi connectivity index (χ2v) is 10.6. The lowest BCUT2D eigenvalue weighted by atomic mass is 9.99. The highest BCUT2D eigenvalue weighted by Gasteiger charge is 2.34. The molecule has 35 heavy (non-hydrogen) atoms. The maximum atomic E-state index is 13.4. The van der Waals surface area contributed by atoms with Crippen LogP contribution in [0, 0.1) is 5.92 Å². The molecule has 0 aromatic heterocycles. The van der Waals surface area contributed by atoms with Gasteiger partial charge in [0.15, 0.2) is 0 Å². The summed E-state index contributed by atoms with van der Waals surface area (Å²) in [5, 5.41) is 12.6. The Hall–Kier alpha value is -3.31. The van der Waals surface area contributed by atoms with Crippen molar-refractivity contribution < 1.29 is 27.9 Å². The van der Waals surface area contributed by atoms with Crippen LogP contribution >= 0.6 is 0 Å². The molecule has 0 fully saturated rings. The second kappa shape index (κ2) is 11.0. The lowest BCUT2D eigenvalue weighted by Gasteiger charge is -2.38. The van der Waals surface area contributed by atoms with E-state index in [1.807, 2.05) is 25.1 Å². The monoisotopic (exact) mass is 504 g/mol. The number of likely N-dealkylation sites (N-methyl/N-ethyl adjacent to an activating group) is 1. The van der Waals surface area contributed by atoms with Gasteiger partial charge >= 0.3 is 6.03 Å². The minimum atomic E-state index is -3.55. The first-order valence-corrected chi connectivity index (χ1v) is 13.1. The van der Waals surface area contributed by atoms with Crippen LogP contribution in [0.2, 0.25) is 0 Å². The van der Waals surface area contributed by atoms with Gasteiger partial charge in [-0.25, -0.2) is 13.2 Å². The molecule has 11 heteroatoms. The number of carbonyl (C=O) groups is 2. The molecule has 3 N–H and O–H groups in total. The number of anilines is 2. The van der Waals surface area contributed by atoms with Crippen molar-refractivity contribution in [1.29, 1.82) is 0 Å². The molecule has 2 aromatic rings. The largest absolute Gasteiger partial charge is 0.487 e. The number of hydrogen-bond donors (Lipinski definition) is 3. The van der Waals surface area contributed by atoms with Crippen LogP contribution in [0.5, 0.6) is 5.75 Å². The summed E-state index contributed by atoms with van der Waals surface area (Å²) < 4.78 is 32.0. The molecule has 2 aromatic carbocycles. The lowest BCUT2D eigenvalue weighted by molar-refractivity contribution is 0.0371. The Balaban J connectivity index is 1.89. The molecule has 0 unspecified atom stereocenters. The number of para-hydroxylation sites is 1. The first-order valence-electron chi connectivity index (χ1n) is 11.3. The zero-order valence-electron chi connectivity index (χ0n) is 20.3. The minimum Gasteiger partial charge on any atom is -0.487 e. The van der Waals surface area contributed by atoms with Gasteiger partial charge in [0.05, 0.1) is 31.0 Å². The Labute approximate surface area is 205 Å². The third-order valence-corrected chi connectivity index (χ3v) is 6.40. The third kappa shape index (κ3) is 6.86. The number of nitrogens with one attached hydrogen (secondary N) is 2. The number of rotatable bonds is 7. The zero-order valence-corrected chi connectivity index (χ0v) is 21.1. The molecule has 0 saturated carbocycles. The summed E-state index contributed by atoms with van der Waals surface area (Å²) in [4.78, 5) is 29.2. The summed E-state index contributed by atoms with van der Waals surface area (Å²) >= 11 is 0. The fourth-order valence-electron chi connectivity index (χ4n) is 3.81. The quantitative estimate of drug-likeness (QED) is 0.531. The van der Waals surface area contributed by atoms with Crippen LogP contribution < -0.4 is 14.8 Å². The van der Waals surface area contributed by atoms with E-state index in [0.29, 0.717) is 5.69 Å². The number of urea groups is 1. The van der Waals surface area contributed by atoms with E-state index >= 15 is 0 Å². The topological polar surface area (TPSA) is 128 Å². The van der Waals surface area contributed by atoms with Gasteiger partial charge in [0.25, 0.3) is 5.91 Å². The summed E-state index contributed by atoms with van der Waals surface area (Å²) in [5.74, 6) is -0.279. The summed E-state index contributed by atoms with van der Waals surface area (Å²) in [5.41, 5.74) is 1.07. The highest BCUT2D eigenvalue weighted by atomic mass is 32.2. The van der Waals surface area contributed by atoms with Crippen molar-refractivity contribution in [3.8, 4) is 5.75 Å². The maximum absolute atomic E-state index is 13.4. The van der Waals surface area contributed by atoms with Gasteiger partial charge in [0.2, 0.25) is 10.0 Å². The van der Waals surface area contributed by atoms with Crippen molar-refractivity contribution in [1.82, 2.24) is 9.80 Å². The van der Waals surface area contributed by atoms with Crippen LogP contribution in [0.25, 0.3) is 0 Å². The Kier molecular flexibility index (Phi) is 8.23. The number of ether oxygens (including phenoxy) is 1. The van der Waals surface area contributed by atoms with Crippen molar-refractivity contribution in [3.63, 3.8) is 0 Å². The van der Waals surface area contributed by atoms with E-state index in [-0.39, 0.29) is 54.6 Å². The first-order chi connectivity index (χ1) is 16.5. The van der Waals surface area contributed by atoms with Crippen LogP contribution in [0.3, 0.4) is 0 Å². The smallest absolute Gasteiger partial charge is 0.321 e. The van der Waals surface area contributed by atoms with Crippen LogP contribution in [0.1, 0.15) is 24.2 Å². The standard InChI is InChI=1S/C24H32N4O6S/c1-16-13-28(17(2)15-29)23(30)20-12-19(26-35(4,32)33)10-11-21(20)34-22(16)14-27(3)24(31)25-18-8-6-5-7-9-18/h5-12,16-17,22,26,29H,13-15H2,1-4H3,(H,25,31)/t16-,17-,22+/m0/s1. The average molecular weight is 505 g/mol. The van der Waals surface area contributed by atoms with Gasteiger partial charge in [0, 0.05) is 30.9 Å². The number of fused-ring (bicyclic) bond motifs is 1. The van der Waals surface area contributed by atoms with Gasteiger partial charge in [0.1, 0.15) is 11.9 Å². The van der Waals surface area contributed by atoms with Gasteiger partial charge < -0.3 is 25.0 Å². The summed E-state index contributed by atoms with van der Waals surface area (Å²) in [6, 6.07) is 12.8. The summed E-state index contributed by atoms with van der Waals surface area (Å²) in [7, 11) is -1.89. The number of aliphatic hydroxyl groups excluding tert-OH is 1. The van der Waals surface area contributed by atoms with Gasteiger partial charge in [-0.2, -0.15) is 0 Å². The zero-order chi connectivity index (χ0) is 25.8. The molecule has 0 saturated heterocycles. The number of amides is 3. The Morgan fingerprint density at radius 2 is 1.91 bits per heavy atom. The second-order valence-electron chi connectivity index (χ2n) is 8.88. The fourth-order valence-corrected chi connectivity index (χ4v) is 4.37. The molecular formula is C24H32N4O6S. The summed E-state index contributed by atoms with van der Waals surface area (Å²) in [6.45, 7) is 3.93. The number of sulfonamides is 1. The number of carbonyl (C=O) groups excluding carboxylic acids is 2. The molecule has 1 heterocycles. The molecule has 0 spiro atoms. The molecular weight excluding hydrogens is 472 g/mol. The molecule has 10 nitrogen and oxygen atoms in total. The number of nitrogens with zero attached hydrogens (tertiary/aromatic N) is 2. The molecule has 1 aliphatic rings. The van der Waals surface area contributed by atoms with Crippen LogP contribution in [-0.4, -0.2) is 80.4 Å². The van der Waals surface area contributed by atoms with Crippen LogP contribution in [0.15, 0.2) is 48.5 Å². The van der Waals surface area contributed by atoms with Gasteiger partial charge in [-0.05, 0) is 37.3 Å². The molecule has 190 valence electrons. The highest BCUT2D eigenvalue weighted by molar-refractivity contribution is 7.92. The van der Waals surface area contributed by atoms with Crippen LogP contribution in [-0.2, 0) is 10.0 Å². The minimum absolute atomic E-state index is 0.173. The van der Waals surface area contributed by atoms with Crippen LogP contribution in [0.4, 0.5) is 16.2 Å². The predicted molar refractivity (Wildman–Crippen MR) is 134 cm³/mol. The van der Waals surface area contributed by atoms with Crippen molar-refractivity contribution in [3.05, 3.63) is 54.1 Å². The van der Waals surface area contributed by atoms with Crippen molar-refractivity contribution in [2.24, 2.45) is 5.92 Å². The predicted octanol–water partition coefficient (Wildman–Crippen LogP) is 2.44. The van der Waals surface area contributed by atoms with E-state index < -0.39 is 22.2 Å². The lowest BCUT2D eigenvalue weighted by Crippen LogP contribution is -2.50. The third-order valence-electron chi connectivity index (χ3n) is 5.79. The van der Waals surface area contributed by atoms with E-state index in [1.54, 1.807) is 31.0 Å². The van der Waals surface area contributed by atoms with E-state index in [1.165, 1.54) is 23.1 Å². The Morgan fingerprint density at radius 1 is 1.23 bits per heavy atom. The van der Waals surface area contributed by atoms with E-state index in [2.05, 4.69) is 10.0 Å². The van der Waals surface area contributed by atoms with Crippen molar-refractivity contribution >= 4 is 33.3 Å². The van der Waals surface area contributed by atoms with E-state index in [0.717, 1.165) is 6.26 Å². The number of benzene rings is 2. The van der Waals surface area contributed by atoms with Gasteiger partial charge in [-0.3, -0.25) is 9.52 Å². The normalized spacial score (nSPS) is 19.0. The molecule has 0 bridgehead atoms. The Morgan fingerprint density at radius 3 is 2.54 bits per heavy atom. The highest BCUT2D eigenvalue weighted by Crippen LogP contribution is 2.31. The number of hydrogen-bond acceptors (Lipinski definition) is 6. The summed E-state index contributed by atoms with van der Waals surface area (Å²) in [6.07, 6.45) is 0.548. The maximum Gasteiger partial charge on any atom is 0.321 e. The van der Waals surface area contributed by atoms with Gasteiger partial charge in [-0.15, -0.1) is 0 Å². The first kappa shape index (κ1) is 26.3. The molecule has 3 rings (SSSR count). The average Bonchev–Trinajstić information content (AvgIpc) is 2.80. The SMILES string of the molecule is C[C@H]1CN([C@@H](C)CO)C(=O)c2cc(NS(C)(=O)=O)ccc2O[C@@H]1CN(C)C(=O)Nc1ccccc1. The molecule has 0 radical (unpaired) electrons. The molecule has 3 amide bonds. The fraction of sp³-hybridized carbons (Fsp3) is 0.417. The Bertz CT molecular complexity index is 1160. The molecule has 1 aliphatic heterocycles. The van der Waals surface area contributed by atoms with E-state index in [4.69, 9.17) is 4.74 Å². The van der Waals surface area contributed by atoms with Crippen molar-refractivity contribution in [2.45, 2.75) is 26.0 Å². The van der Waals surface area contributed by atoms with E-state index in [9.17, 15) is 23.1 Å².